The van der Waals surface area contributed by atoms with Crippen LogP contribution in [0.25, 0.3) is 0 Å². The Labute approximate surface area is 129 Å². The quantitative estimate of drug-likeness (QED) is 0.793. The van der Waals surface area contributed by atoms with Crippen LogP contribution in [0.4, 0.5) is 5.69 Å². The molecule has 0 saturated carbocycles. The monoisotopic (exact) mass is 291 g/mol. The zero-order chi connectivity index (χ0) is 16.2. The van der Waals surface area contributed by atoms with Crippen molar-refractivity contribution < 1.29 is 9.28 Å². The number of carbonyl (C=O) groups is 1. The lowest BCUT2D eigenvalue weighted by molar-refractivity contribution is -0.936. The molecule has 3 heteroatoms. The minimum absolute atomic E-state index is 0.0369. The molecule has 118 valence electrons. The van der Waals surface area contributed by atoms with Gasteiger partial charge in [0.25, 0.3) is 5.91 Å². The van der Waals surface area contributed by atoms with E-state index in [0.29, 0.717) is 0 Å². The summed E-state index contributed by atoms with van der Waals surface area (Å²) < 4.78 is 0.829. The topological polar surface area (TPSA) is 29.1 Å². The number of likely N-dealkylation sites (N-methyl/N-ethyl adjacent to an activating group) is 1. The summed E-state index contributed by atoms with van der Waals surface area (Å²) in [5.74, 6) is 0.121. The van der Waals surface area contributed by atoms with Gasteiger partial charge in [0.1, 0.15) is 0 Å². The molecule has 0 saturated heterocycles. The molecule has 1 atom stereocenters. The molecule has 1 N–H and O–H groups in total. The van der Waals surface area contributed by atoms with Crippen molar-refractivity contribution in [3.05, 3.63) is 28.8 Å². The third-order valence-corrected chi connectivity index (χ3v) is 5.02. The molecule has 0 aliphatic carbocycles. The van der Waals surface area contributed by atoms with E-state index in [9.17, 15) is 4.79 Å². The highest BCUT2D eigenvalue weighted by molar-refractivity contribution is 5.95. The number of rotatable bonds is 6. The van der Waals surface area contributed by atoms with Crippen LogP contribution >= 0.6 is 0 Å². The van der Waals surface area contributed by atoms with Crippen LogP contribution in [0, 0.1) is 20.8 Å². The zero-order valence-corrected chi connectivity index (χ0v) is 14.7. The van der Waals surface area contributed by atoms with Crippen molar-refractivity contribution in [1.29, 1.82) is 0 Å². The van der Waals surface area contributed by atoms with Gasteiger partial charge in [-0.1, -0.05) is 17.7 Å². The van der Waals surface area contributed by atoms with Crippen LogP contribution in [0.3, 0.4) is 0 Å². The van der Waals surface area contributed by atoms with E-state index in [4.69, 9.17) is 0 Å². The van der Waals surface area contributed by atoms with E-state index in [1.165, 1.54) is 5.56 Å². The first-order valence-electron chi connectivity index (χ1n) is 8.05. The number of hydrogen-bond donors (Lipinski definition) is 1. The molecule has 0 aromatic heterocycles. The van der Waals surface area contributed by atoms with Crippen molar-refractivity contribution in [1.82, 2.24) is 0 Å². The van der Waals surface area contributed by atoms with Crippen LogP contribution in [0.2, 0.25) is 0 Å². The Hall–Kier alpha value is -1.35. The van der Waals surface area contributed by atoms with E-state index >= 15 is 0 Å². The molecule has 0 radical (unpaired) electrons. The van der Waals surface area contributed by atoms with E-state index in [1.54, 1.807) is 0 Å². The highest BCUT2D eigenvalue weighted by atomic mass is 16.2. The Kier molecular flexibility index (Phi) is 5.97. The number of anilines is 1. The highest BCUT2D eigenvalue weighted by Crippen LogP contribution is 2.23. The van der Waals surface area contributed by atoms with Gasteiger partial charge in [-0.05, 0) is 59.6 Å². The van der Waals surface area contributed by atoms with Crippen molar-refractivity contribution in [2.45, 2.75) is 54.5 Å². The SMILES string of the molecule is CC[N+](CC)(CC)C(C)C(=O)Nc1c(C)cc(C)cc1C. The second-order valence-corrected chi connectivity index (χ2v) is 6.11. The maximum atomic E-state index is 12.7. The molecular formula is C18H31N2O+. The van der Waals surface area contributed by atoms with E-state index in [1.807, 2.05) is 6.92 Å². The molecule has 0 spiro atoms. The second-order valence-electron chi connectivity index (χ2n) is 6.11. The number of hydrogen-bond acceptors (Lipinski definition) is 1. The third-order valence-electron chi connectivity index (χ3n) is 5.02. The summed E-state index contributed by atoms with van der Waals surface area (Å²) in [6.07, 6.45) is 0. The standard InChI is InChI=1S/C18H30N2O/c1-8-20(9-2,10-3)16(7)18(21)19-17-14(5)11-13(4)12-15(17)6/h11-12,16H,8-10H2,1-7H3/p+1. The number of nitrogens with zero attached hydrogens (tertiary/aromatic N) is 1. The molecule has 0 aliphatic heterocycles. The maximum absolute atomic E-state index is 12.7. The van der Waals surface area contributed by atoms with Crippen LogP contribution in [0.1, 0.15) is 44.4 Å². The third kappa shape index (κ3) is 3.65. The minimum Gasteiger partial charge on any atom is -0.320 e. The summed E-state index contributed by atoms with van der Waals surface area (Å²) in [4.78, 5) is 12.7. The van der Waals surface area contributed by atoms with Gasteiger partial charge >= 0.3 is 0 Å². The number of amides is 1. The predicted octanol–water partition coefficient (Wildman–Crippen LogP) is 3.82. The summed E-state index contributed by atoms with van der Waals surface area (Å²) in [6.45, 7) is 17.7. The van der Waals surface area contributed by atoms with Crippen molar-refractivity contribution in [2.75, 3.05) is 25.0 Å². The molecule has 1 unspecified atom stereocenters. The van der Waals surface area contributed by atoms with Crippen molar-refractivity contribution in [3.63, 3.8) is 0 Å². The smallest absolute Gasteiger partial charge is 0.282 e. The lowest BCUT2D eigenvalue weighted by Crippen LogP contribution is -2.58. The van der Waals surface area contributed by atoms with Crippen LogP contribution in [0.5, 0.6) is 0 Å². The number of nitrogens with one attached hydrogen (secondary N) is 1. The van der Waals surface area contributed by atoms with Crippen LogP contribution in [0.15, 0.2) is 12.1 Å². The molecule has 0 heterocycles. The molecule has 1 aromatic carbocycles. The maximum Gasteiger partial charge on any atom is 0.282 e. The Morgan fingerprint density at radius 3 is 1.86 bits per heavy atom. The fraction of sp³-hybridized carbons (Fsp3) is 0.611. The van der Waals surface area contributed by atoms with Crippen LogP contribution in [-0.2, 0) is 4.79 Å². The van der Waals surface area contributed by atoms with Gasteiger partial charge in [-0.2, -0.15) is 0 Å². The number of aryl methyl sites for hydroxylation is 3. The fourth-order valence-corrected chi connectivity index (χ4v) is 3.35. The normalized spacial score (nSPS) is 13.1. The lowest BCUT2D eigenvalue weighted by Gasteiger charge is -2.40. The fourth-order valence-electron chi connectivity index (χ4n) is 3.35. The molecule has 0 aliphatic rings. The molecule has 0 bridgehead atoms. The van der Waals surface area contributed by atoms with E-state index in [2.05, 4.69) is 59.0 Å². The Bertz CT molecular complexity index is 473. The summed E-state index contributed by atoms with van der Waals surface area (Å²) >= 11 is 0. The van der Waals surface area contributed by atoms with Crippen LogP contribution in [-0.4, -0.2) is 36.1 Å². The number of carbonyl (C=O) groups excluding carboxylic acids is 1. The van der Waals surface area contributed by atoms with E-state index in [0.717, 1.165) is 40.9 Å². The molecule has 1 rings (SSSR count). The summed E-state index contributed by atoms with van der Waals surface area (Å²) in [5.41, 5.74) is 4.47. The van der Waals surface area contributed by atoms with Gasteiger partial charge in [0, 0.05) is 5.69 Å². The summed E-state index contributed by atoms with van der Waals surface area (Å²) in [7, 11) is 0. The van der Waals surface area contributed by atoms with Gasteiger partial charge in [0.2, 0.25) is 0 Å². The van der Waals surface area contributed by atoms with Crippen molar-refractivity contribution in [3.8, 4) is 0 Å². The Morgan fingerprint density at radius 2 is 1.48 bits per heavy atom. The first-order chi connectivity index (χ1) is 9.81. The van der Waals surface area contributed by atoms with Gasteiger partial charge in [0.05, 0.1) is 19.6 Å². The van der Waals surface area contributed by atoms with Crippen molar-refractivity contribution >= 4 is 11.6 Å². The van der Waals surface area contributed by atoms with E-state index < -0.39 is 0 Å². The van der Waals surface area contributed by atoms with Gasteiger partial charge in [-0.15, -0.1) is 0 Å². The number of quaternary nitrogens is 1. The predicted molar refractivity (Wildman–Crippen MR) is 90.6 cm³/mol. The molecular weight excluding hydrogens is 260 g/mol. The average Bonchev–Trinajstić information content (AvgIpc) is 2.44. The van der Waals surface area contributed by atoms with Gasteiger partial charge in [0.15, 0.2) is 6.04 Å². The zero-order valence-electron chi connectivity index (χ0n) is 14.7. The molecule has 3 nitrogen and oxygen atoms in total. The average molecular weight is 291 g/mol. The van der Waals surface area contributed by atoms with Gasteiger partial charge in [-0.25, -0.2) is 0 Å². The first-order valence-corrected chi connectivity index (χ1v) is 8.05. The first kappa shape index (κ1) is 17.7. The number of benzene rings is 1. The second kappa shape index (κ2) is 7.08. The largest absolute Gasteiger partial charge is 0.320 e. The molecule has 21 heavy (non-hydrogen) atoms. The molecule has 1 aromatic rings. The van der Waals surface area contributed by atoms with E-state index in [-0.39, 0.29) is 11.9 Å². The summed E-state index contributed by atoms with van der Waals surface area (Å²) in [5, 5.41) is 3.16. The minimum atomic E-state index is -0.0369. The highest BCUT2D eigenvalue weighted by Gasteiger charge is 2.34. The van der Waals surface area contributed by atoms with Gasteiger partial charge in [-0.3, -0.25) is 4.79 Å². The molecule has 1 amide bonds. The van der Waals surface area contributed by atoms with Crippen molar-refractivity contribution in [2.24, 2.45) is 0 Å². The Balaban J connectivity index is 3.01. The van der Waals surface area contributed by atoms with Gasteiger partial charge < -0.3 is 9.80 Å². The summed E-state index contributed by atoms with van der Waals surface area (Å²) in [6, 6.07) is 4.20. The Morgan fingerprint density at radius 1 is 1.05 bits per heavy atom. The van der Waals surface area contributed by atoms with Crippen LogP contribution < -0.4 is 5.32 Å². The molecule has 0 fully saturated rings. The lowest BCUT2D eigenvalue weighted by atomic mass is 10.0.